The molecule has 0 saturated heterocycles. The number of furan rings is 1. The average Bonchev–Trinajstić information content (AvgIpc) is 3.32. The molecule has 0 fully saturated rings. The molecular weight excluding hydrogens is 430 g/mol. The molecule has 166 valence electrons. The molecule has 1 aliphatic rings. The number of aliphatic hydroxyl groups excluding tert-OH is 1. The van der Waals surface area contributed by atoms with E-state index in [0.717, 1.165) is 19.3 Å². The van der Waals surface area contributed by atoms with Gasteiger partial charge in [0.2, 0.25) is 5.78 Å². The summed E-state index contributed by atoms with van der Waals surface area (Å²) in [5.41, 5.74) is 1.19. The topological polar surface area (TPSA) is 80.0 Å². The van der Waals surface area contributed by atoms with E-state index in [2.05, 4.69) is 6.92 Å². The first-order valence-corrected chi connectivity index (χ1v) is 10.9. The second kappa shape index (κ2) is 9.09. The number of unbranched alkanes of at least 4 members (excludes halogenated alkanes) is 2. The summed E-state index contributed by atoms with van der Waals surface area (Å²) in [6.45, 7) is 2.50. The van der Waals surface area contributed by atoms with Crippen molar-refractivity contribution in [3.63, 3.8) is 0 Å². The van der Waals surface area contributed by atoms with Gasteiger partial charge < -0.3 is 19.2 Å². The van der Waals surface area contributed by atoms with E-state index in [9.17, 15) is 14.7 Å². The van der Waals surface area contributed by atoms with Gasteiger partial charge in [0, 0.05) is 17.0 Å². The zero-order valence-corrected chi connectivity index (χ0v) is 18.7. The highest BCUT2D eigenvalue weighted by molar-refractivity contribution is 6.31. The van der Waals surface area contributed by atoms with Crippen molar-refractivity contribution in [2.75, 3.05) is 13.7 Å². The summed E-state index contributed by atoms with van der Waals surface area (Å²) in [5.74, 6) is -0.997. The number of rotatable bonds is 8. The average molecular weight is 454 g/mol. The third-order valence-corrected chi connectivity index (χ3v) is 5.90. The van der Waals surface area contributed by atoms with E-state index in [0.29, 0.717) is 33.8 Å². The summed E-state index contributed by atoms with van der Waals surface area (Å²) >= 11 is 6.05. The Hall–Kier alpha value is -3.25. The summed E-state index contributed by atoms with van der Waals surface area (Å²) in [6.07, 6.45) is 2.68. The van der Waals surface area contributed by atoms with Gasteiger partial charge in [-0.15, -0.1) is 0 Å². The van der Waals surface area contributed by atoms with Crippen molar-refractivity contribution in [3.8, 4) is 5.75 Å². The Kier molecular flexibility index (Phi) is 6.24. The number of aliphatic hydroxyl groups is 1. The lowest BCUT2D eigenvalue weighted by molar-refractivity contribution is -0.129. The van der Waals surface area contributed by atoms with Gasteiger partial charge in [0.25, 0.3) is 5.91 Å². The Morgan fingerprint density at radius 1 is 1.19 bits per heavy atom. The lowest BCUT2D eigenvalue weighted by atomic mass is 9.94. The lowest BCUT2D eigenvalue weighted by Crippen LogP contribution is -2.32. The number of amides is 1. The minimum absolute atomic E-state index is 0.00454. The Labute approximate surface area is 191 Å². The predicted octanol–water partition coefficient (Wildman–Crippen LogP) is 5.86. The second-order valence-corrected chi connectivity index (χ2v) is 8.21. The Balaban J connectivity index is 1.78. The molecule has 4 rings (SSSR count). The summed E-state index contributed by atoms with van der Waals surface area (Å²) < 4.78 is 11.1. The van der Waals surface area contributed by atoms with Crippen LogP contribution in [0.4, 0.5) is 0 Å². The smallest absolute Gasteiger partial charge is 0.290 e. The second-order valence-electron chi connectivity index (χ2n) is 7.77. The van der Waals surface area contributed by atoms with Crippen LogP contribution < -0.4 is 4.74 Å². The highest BCUT2D eigenvalue weighted by atomic mass is 35.5. The molecule has 6 nitrogen and oxygen atoms in total. The number of carbonyl (C=O) groups is 2. The molecule has 7 heteroatoms. The Morgan fingerprint density at radius 2 is 2.00 bits per heavy atom. The van der Waals surface area contributed by atoms with Crippen LogP contribution >= 0.6 is 11.6 Å². The molecule has 2 heterocycles. The van der Waals surface area contributed by atoms with Crippen LogP contribution in [0.1, 0.15) is 48.3 Å². The van der Waals surface area contributed by atoms with Gasteiger partial charge in [0.05, 0.1) is 18.7 Å². The molecule has 3 aromatic rings. The van der Waals surface area contributed by atoms with E-state index in [4.69, 9.17) is 20.8 Å². The largest absolute Gasteiger partial charge is 0.503 e. The summed E-state index contributed by atoms with van der Waals surface area (Å²) in [6, 6.07) is 13.1. The number of ketones is 1. The molecule has 0 aliphatic carbocycles. The maximum absolute atomic E-state index is 13.5. The molecule has 1 amide bonds. The van der Waals surface area contributed by atoms with E-state index in [1.807, 2.05) is 6.07 Å². The van der Waals surface area contributed by atoms with Crippen molar-refractivity contribution in [2.24, 2.45) is 0 Å². The molecule has 1 N–H and O–H groups in total. The summed E-state index contributed by atoms with van der Waals surface area (Å²) in [4.78, 5) is 28.1. The van der Waals surface area contributed by atoms with E-state index in [1.165, 1.54) is 0 Å². The van der Waals surface area contributed by atoms with Crippen molar-refractivity contribution in [1.82, 2.24) is 4.90 Å². The van der Waals surface area contributed by atoms with E-state index in [1.54, 1.807) is 54.5 Å². The van der Waals surface area contributed by atoms with Crippen LogP contribution in [0.15, 0.2) is 64.3 Å². The fourth-order valence-electron chi connectivity index (χ4n) is 4.07. The van der Waals surface area contributed by atoms with Gasteiger partial charge in [-0.05, 0) is 48.4 Å². The van der Waals surface area contributed by atoms with E-state index < -0.39 is 23.5 Å². The van der Waals surface area contributed by atoms with Crippen LogP contribution in [0, 0.1) is 0 Å². The minimum atomic E-state index is -0.737. The number of nitrogens with zero attached hydrogens (tertiary/aromatic N) is 1. The number of methoxy groups -OCH3 is 1. The molecule has 0 saturated carbocycles. The Bertz CT molecular complexity index is 1210. The van der Waals surface area contributed by atoms with E-state index in [-0.39, 0.29) is 11.3 Å². The predicted molar refractivity (Wildman–Crippen MR) is 122 cm³/mol. The number of benzene rings is 2. The first kappa shape index (κ1) is 22.0. The minimum Gasteiger partial charge on any atom is -0.503 e. The van der Waals surface area contributed by atoms with Gasteiger partial charge in [0.1, 0.15) is 11.3 Å². The number of halogens is 1. The highest BCUT2D eigenvalue weighted by Gasteiger charge is 2.44. The molecule has 2 aromatic carbocycles. The zero-order chi connectivity index (χ0) is 22.8. The zero-order valence-electron chi connectivity index (χ0n) is 17.9. The molecule has 1 aromatic heterocycles. The summed E-state index contributed by atoms with van der Waals surface area (Å²) in [5, 5.41) is 12.0. The quantitative estimate of drug-likeness (QED) is 0.341. The highest BCUT2D eigenvalue weighted by Crippen LogP contribution is 2.40. The van der Waals surface area contributed by atoms with Crippen molar-refractivity contribution >= 4 is 34.3 Å². The molecule has 0 spiro atoms. The monoisotopic (exact) mass is 453 g/mol. The van der Waals surface area contributed by atoms with Gasteiger partial charge >= 0.3 is 0 Å². The van der Waals surface area contributed by atoms with Crippen LogP contribution in [0.25, 0.3) is 11.0 Å². The van der Waals surface area contributed by atoms with Gasteiger partial charge in [0.15, 0.2) is 11.5 Å². The molecule has 32 heavy (non-hydrogen) atoms. The number of hydrogen-bond donors (Lipinski definition) is 1. The SMILES string of the molecule is CCCCCN1C(=O)C(O)=C(C(=O)c2cc3cc(Cl)ccc3o2)C1c1cccc(OC)c1. The van der Waals surface area contributed by atoms with Crippen molar-refractivity contribution in [1.29, 1.82) is 0 Å². The van der Waals surface area contributed by atoms with Crippen LogP contribution in [0.5, 0.6) is 5.75 Å². The van der Waals surface area contributed by atoms with Crippen LogP contribution in [-0.2, 0) is 4.79 Å². The first-order valence-electron chi connectivity index (χ1n) is 10.6. The maximum atomic E-state index is 13.5. The van der Waals surface area contributed by atoms with Crippen LogP contribution in [-0.4, -0.2) is 35.4 Å². The van der Waals surface area contributed by atoms with Crippen molar-refractivity contribution < 1.29 is 23.8 Å². The normalized spacial score (nSPS) is 16.3. The Morgan fingerprint density at radius 3 is 2.75 bits per heavy atom. The molecule has 1 aliphatic heterocycles. The van der Waals surface area contributed by atoms with Crippen molar-refractivity contribution in [2.45, 2.75) is 32.2 Å². The first-order chi connectivity index (χ1) is 15.4. The third-order valence-electron chi connectivity index (χ3n) is 5.66. The molecular formula is C25H24ClNO5. The molecule has 1 atom stereocenters. The molecule has 0 radical (unpaired) electrons. The maximum Gasteiger partial charge on any atom is 0.290 e. The number of carbonyl (C=O) groups excluding carboxylic acids is 2. The third kappa shape index (κ3) is 3.98. The number of fused-ring (bicyclic) bond motifs is 1. The van der Waals surface area contributed by atoms with Crippen LogP contribution in [0.3, 0.4) is 0 Å². The van der Waals surface area contributed by atoms with Gasteiger partial charge in [-0.1, -0.05) is 43.5 Å². The van der Waals surface area contributed by atoms with Gasteiger partial charge in [-0.3, -0.25) is 9.59 Å². The number of Topliss-reactive ketones (excluding diaryl/α,β-unsaturated/α-hetero) is 1. The lowest BCUT2D eigenvalue weighted by Gasteiger charge is -2.27. The van der Waals surface area contributed by atoms with Gasteiger partial charge in [-0.2, -0.15) is 0 Å². The van der Waals surface area contributed by atoms with Crippen molar-refractivity contribution in [3.05, 3.63) is 76.2 Å². The molecule has 1 unspecified atom stereocenters. The fraction of sp³-hybridized carbons (Fsp3) is 0.280. The van der Waals surface area contributed by atoms with Gasteiger partial charge in [-0.25, -0.2) is 0 Å². The standard InChI is InChI=1S/C25H24ClNO5/c1-3-4-5-11-27-22(15-7-6-8-18(13-15)31-2)21(24(29)25(27)30)23(28)20-14-16-12-17(26)9-10-19(16)32-20/h6-10,12-14,22,29H,3-5,11H2,1-2H3. The number of hydrogen-bond acceptors (Lipinski definition) is 5. The molecule has 0 bridgehead atoms. The fourth-order valence-corrected chi connectivity index (χ4v) is 4.25. The van der Waals surface area contributed by atoms with E-state index >= 15 is 0 Å². The number of ether oxygens (including phenoxy) is 1. The summed E-state index contributed by atoms with van der Waals surface area (Å²) in [7, 11) is 1.55. The van der Waals surface area contributed by atoms with Crippen LogP contribution in [0.2, 0.25) is 5.02 Å².